The fourth-order valence-corrected chi connectivity index (χ4v) is 7.27. The number of nitrogens with zero attached hydrogens (tertiary/aromatic N) is 1. The lowest BCUT2D eigenvalue weighted by atomic mass is 10.2. The number of hydrogen-bond donors (Lipinski definition) is 3. The highest BCUT2D eigenvalue weighted by Crippen LogP contribution is 2.34. The molecule has 4 rings (SSSR count). The van der Waals surface area contributed by atoms with Gasteiger partial charge in [0, 0.05) is 34.0 Å². The molecule has 0 aliphatic rings. The van der Waals surface area contributed by atoms with Gasteiger partial charge in [-0.15, -0.1) is 0 Å². The Morgan fingerprint density at radius 1 is 0.900 bits per heavy atom. The van der Waals surface area contributed by atoms with E-state index < -0.39 is 26.0 Å². The van der Waals surface area contributed by atoms with Crippen LogP contribution in [0.3, 0.4) is 0 Å². The van der Waals surface area contributed by atoms with Gasteiger partial charge in [-0.2, -0.15) is 8.42 Å². The zero-order chi connectivity index (χ0) is 29.2. The van der Waals surface area contributed by atoms with Crippen LogP contribution < -0.4 is 9.62 Å². The molecule has 0 aliphatic heterocycles. The summed E-state index contributed by atoms with van der Waals surface area (Å²) < 4.78 is 61.9. The van der Waals surface area contributed by atoms with Crippen LogP contribution >= 0.6 is 23.2 Å². The lowest BCUT2D eigenvalue weighted by Crippen LogP contribution is -2.32. The second-order valence-corrected chi connectivity index (χ2v) is 13.4. The highest BCUT2D eigenvalue weighted by atomic mass is 35.5. The molecule has 1 amide bonds. The topological polar surface area (TPSA) is 137 Å². The molecule has 0 radical (unpaired) electrons. The van der Waals surface area contributed by atoms with E-state index in [0.717, 1.165) is 15.4 Å². The monoisotopic (exact) mass is 623 g/mol. The average Bonchev–Trinajstić information content (AvgIpc) is 3.25. The molecule has 9 nitrogen and oxygen atoms in total. The van der Waals surface area contributed by atoms with E-state index in [9.17, 15) is 26.2 Å². The number of aromatic amines is 1. The van der Waals surface area contributed by atoms with Crippen LogP contribution in [0, 0.1) is 13.8 Å². The molecule has 0 fully saturated rings. The maximum atomic E-state index is 13.8. The number of halogens is 2. The molecule has 212 valence electrons. The van der Waals surface area contributed by atoms with Crippen molar-refractivity contribution in [1.29, 1.82) is 0 Å². The molecule has 3 N–H and O–H groups in total. The smallest absolute Gasteiger partial charge is 0.351 e. The third kappa shape index (κ3) is 6.61. The molecular weight excluding hydrogens is 597 g/mol. The number of carbonyl (C=O) groups is 1. The summed E-state index contributed by atoms with van der Waals surface area (Å²) in [5.74, 6) is -0.639. The van der Waals surface area contributed by atoms with Crippen molar-refractivity contribution in [3.63, 3.8) is 0 Å². The second kappa shape index (κ2) is 11.8. The summed E-state index contributed by atoms with van der Waals surface area (Å²) in [6.07, 6.45) is 0.634. The minimum atomic E-state index is -4.53. The summed E-state index contributed by atoms with van der Waals surface area (Å²) in [5, 5.41) is 3.74. The van der Waals surface area contributed by atoms with Crippen molar-refractivity contribution in [2.24, 2.45) is 0 Å². The molecule has 1 aromatic heterocycles. The first-order valence-electron chi connectivity index (χ1n) is 12.2. The number of benzene rings is 3. The Bertz CT molecular complexity index is 1770. The summed E-state index contributed by atoms with van der Waals surface area (Å²) in [7, 11) is -8.65. The number of sulfone groups is 1. The van der Waals surface area contributed by atoms with E-state index in [-0.39, 0.29) is 34.3 Å². The summed E-state index contributed by atoms with van der Waals surface area (Å²) in [5.41, 5.74) is 2.08. The third-order valence-corrected chi connectivity index (χ3v) is 9.44. The third-order valence-electron chi connectivity index (χ3n) is 6.18. The standard InChI is InChI=1S/C27H27Cl2N3O6S2/c1-17-13-18(2)15-22(14-17)39(34,35)26-23-16-20(29)7-10-24(23)31-25(26)27(33)30-11-3-4-12-32(40(36,37)38)21-8-5-19(28)6-9-21/h5-10,13-16,31H,3-4,11-12H2,1-2H3,(H,30,33)(H,36,37,38). The van der Waals surface area contributed by atoms with Gasteiger partial charge in [0.15, 0.2) is 0 Å². The second-order valence-electron chi connectivity index (χ2n) is 9.34. The van der Waals surface area contributed by atoms with E-state index in [1.165, 1.54) is 30.3 Å². The molecule has 0 bridgehead atoms. The van der Waals surface area contributed by atoms with Gasteiger partial charge in [0.25, 0.3) is 5.91 Å². The number of nitrogens with one attached hydrogen (secondary N) is 2. The van der Waals surface area contributed by atoms with Gasteiger partial charge in [0.1, 0.15) is 10.6 Å². The van der Waals surface area contributed by atoms with Crippen molar-refractivity contribution in [2.75, 3.05) is 17.4 Å². The number of anilines is 1. The zero-order valence-corrected chi connectivity index (χ0v) is 24.8. The number of aromatic nitrogens is 1. The van der Waals surface area contributed by atoms with Crippen LogP contribution in [0.5, 0.6) is 0 Å². The van der Waals surface area contributed by atoms with Crippen LogP contribution in [0.4, 0.5) is 5.69 Å². The number of carbonyl (C=O) groups excluding carboxylic acids is 1. The fourth-order valence-electron chi connectivity index (χ4n) is 4.44. The SMILES string of the molecule is Cc1cc(C)cc(S(=O)(=O)c2c(C(=O)NCCCCN(c3ccc(Cl)cc3)S(=O)(=O)O)[nH]c3ccc(Cl)cc23)c1. The molecular formula is C27H27Cl2N3O6S2. The van der Waals surface area contributed by atoms with Gasteiger partial charge < -0.3 is 10.3 Å². The minimum absolute atomic E-state index is 0.0481. The average molecular weight is 625 g/mol. The molecule has 0 unspecified atom stereocenters. The van der Waals surface area contributed by atoms with Gasteiger partial charge in [-0.25, -0.2) is 12.7 Å². The molecule has 3 aromatic carbocycles. The summed E-state index contributed by atoms with van der Waals surface area (Å²) >= 11 is 12.0. The van der Waals surface area contributed by atoms with Gasteiger partial charge in [0.05, 0.1) is 10.6 Å². The Morgan fingerprint density at radius 2 is 1.52 bits per heavy atom. The van der Waals surface area contributed by atoms with Crippen molar-refractivity contribution in [3.8, 4) is 0 Å². The Balaban J connectivity index is 1.54. The molecule has 0 spiro atoms. The Labute approximate surface area is 242 Å². The number of rotatable bonds is 10. The number of hydrogen-bond acceptors (Lipinski definition) is 5. The number of amides is 1. The Hall–Kier alpha value is -3.09. The highest BCUT2D eigenvalue weighted by Gasteiger charge is 2.30. The van der Waals surface area contributed by atoms with Crippen LogP contribution in [0.25, 0.3) is 10.9 Å². The maximum absolute atomic E-state index is 13.8. The Morgan fingerprint density at radius 3 is 2.15 bits per heavy atom. The first-order valence-corrected chi connectivity index (χ1v) is 15.8. The maximum Gasteiger partial charge on any atom is 0.359 e. The fraction of sp³-hybridized carbons (Fsp3) is 0.222. The van der Waals surface area contributed by atoms with Crippen LogP contribution in [0.1, 0.15) is 34.5 Å². The molecule has 1 heterocycles. The van der Waals surface area contributed by atoms with Crippen molar-refractivity contribution >= 4 is 65.8 Å². The lowest BCUT2D eigenvalue weighted by molar-refractivity contribution is 0.0945. The van der Waals surface area contributed by atoms with Gasteiger partial charge in [-0.1, -0.05) is 29.3 Å². The van der Waals surface area contributed by atoms with E-state index in [1.54, 1.807) is 38.1 Å². The highest BCUT2D eigenvalue weighted by molar-refractivity contribution is 7.91. The number of aryl methyl sites for hydroxylation is 2. The number of H-pyrrole nitrogens is 1. The van der Waals surface area contributed by atoms with Crippen molar-refractivity contribution in [3.05, 3.63) is 87.5 Å². The Kier molecular flexibility index (Phi) is 8.81. The van der Waals surface area contributed by atoms with Gasteiger partial charge in [-0.05, 0) is 92.4 Å². The first-order chi connectivity index (χ1) is 18.8. The number of unbranched alkanes of at least 4 members (excludes halogenated alkanes) is 1. The first kappa shape index (κ1) is 29.9. The zero-order valence-electron chi connectivity index (χ0n) is 21.6. The van der Waals surface area contributed by atoms with E-state index in [1.807, 2.05) is 6.07 Å². The van der Waals surface area contributed by atoms with Gasteiger partial charge in [-0.3, -0.25) is 9.35 Å². The molecule has 0 saturated carbocycles. The molecule has 40 heavy (non-hydrogen) atoms. The summed E-state index contributed by atoms with van der Waals surface area (Å²) in [6, 6.07) is 15.6. The predicted molar refractivity (Wildman–Crippen MR) is 157 cm³/mol. The predicted octanol–water partition coefficient (Wildman–Crippen LogP) is 5.74. The summed E-state index contributed by atoms with van der Waals surface area (Å²) in [6.45, 7) is 3.66. The van der Waals surface area contributed by atoms with Crippen LogP contribution in [0.2, 0.25) is 10.0 Å². The number of fused-ring (bicyclic) bond motifs is 1. The normalized spacial score (nSPS) is 12.0. The quantitative estimate of drug-likeness (QED) is 0.152. The molecule has 0 atom stereocenters. The van der Waals surface area contributed by atoms with E-state index in [4.69, 9.17) is 23.2 Å². The van der Waals surface area contributed by atoms with E-state index in [0.29, 0.717) is 33.8 Å². The molecule has 4 aromatic rings. The molecule has 0 saturated heterocycles. The molecule has 13 heteroatoms. The lowest BCUT2D eigenvalue weighted by Gasteiger charge is -2.20. The minimum Gasteiger partial charge on any atom is -0.351 e. The van der Waals surface area contributed by atoms with E-state index >= 15 is 0 Å². The van der Waals surface area contributed by atoms with Gasteiger partial charge >= 0.3 is 10.3 Å². The van der Waals surface area contributed by atoms with Crippen molar-refractivity contribution < 1.29 is 26.2 Å². The van der Waals surface area contributed by atoms with Crippen LogP contribution in [-0.4, -0.2) is 45.4 Å². The van der Waals surface area contributed by atoms with Crippen molar-refractivity contribution in [1.82, 2.24) is 10.3 Å². The van der Waals surface area contributed by atoms with Crippen LogP contribution in [-0.2, 0) is 20.1 Å². The van der Waals surface area contributed by atoms with Gasteiger partial charge in [0.2, 0.25) is 9.84 Å². The molecule has 0 aliphatic carbocycles. The largest absolute Gasteiger partial charge is 0.359 e. The van der Waals surface area contributed by atoms with Crippen molar-refractivity contribution in [2.45, 2.75) is 36.5 Å². The van der Waals surface area contributed by atoms with Crippen LogP contribution in [0.15, 0.2) is 70.5 Å². The summed E-state index contributed by atoms with van der Waals surface area (Å²) in [4.78, 5) is 16.1. The van der Waals surface area contributed by atoms with E-state index in [2.05, 4.69) is 10.3 Å².